The molecule has 2 heterocycles. The highest BCUT2D eigenvalue weighted by atomic mass is 35.5. The van der Waals surface area contributed by atoms with E-state index < -0.39 is 0 Å². The van der Waals surface area contributed by atoms with Gasteiger partial charge >= 0.3 is 0 Å². The first-order valence-electron chi connectivity index (χ1n) is 11.1. The van der Waals surface area contributed by atoms with Crippen LogP contribution >= 0.6 is 23.4 Å². The van der Waals surface area contributed by atoms with Crippen molar-refractivity contribution in [3.63, 3.8) is 0 Å². The number of para-hydroxylation sites is 2. The molecule has 6 aromatic rings. The largest absolute Gasteiger partial charge is 0.356 e. The fourth-order valence-electron chi connectivity index (χ4n) is 4.07. The zero-order chi connectivity index (χ0) is 23.8. The maximum atomic E-state index is 12.8. The Morgan fingerprint density at radius 1 is 0.914 bits per heavy atom. The molecule has 35 heavy (non-hydrogen) atoms. The van der Waals surface area contributed by atoms with Crippen LogP contribution in [0.25, 0.3) is 32.7 Å². The second-order valence-electron chi connectivity index (χ2n) is 8.17. The first-order chi connectivity index (χ1) is 17.1. The number of H-pyrrole nitrogens is 1. The van der Waals surface area contributed by atoms with Crippen molar-refractivity contribution in [1.82, 2.24) is 15.0 Å². The third kappa shape index (κ3) is 4.34. The maximum Gasteiger partial charge on any atom is 0.275 e. The van der Waals surface area contributed by atoms with Gasteiger partial charge in [-0.3, -0.25) is 9.78 Å². The molecule has 7 heteroatoms. The van der Waals surface area contributed by atoms with Gasteiger partial charge in [0, 0.05) is 32.9 Å². The van der Waals surface area contributed by atoms with E-state index in [2.05, 4.69) is 50.6 Å². The predicted octanol–water partition coefficient (Wildman–Crippen LogP) is 7.46. The van der Waals surface area contributed by atoms with Crippen molar-refractivity contribution in [2.45, 2.75) is 10.6 Å². The quantitative estimate of drug-likeness (QED) is 0.244. The Balaban J connectivity index is 1.21. The molecule has 0 aliphatic rings. The van der Waals surface area contributed by atoms with Crippen LogP contribution in [0.3, 0.4) is 0 Å². The van der Waals surface area contributed by atoms with Gasteiger partial charge in [0.05, 0.1) is 22.3 Å². The van der Waals surface area contributed by atoms with Gasteiger partial charge in [0.1, 0.15) is 5.69 Å². The molecule has 0 unspecified atom stereocenters. The van der Waals surface area contributed by atoms with E-state index in [9.17, 15) is 4.79 Å². The summed E-state index contributed by atoms with van der Waals surface area (Å²) >= 11 is 8.46. The van der Waals surface area contributed by atoms with Crippen LogP contribution in [-0.4, -0.2) is 20.9 Å². The normalized spacial score (nSPS) is 11.3. The van der Waals surface area contributed by atoms with Gasteiger partial charge < -0.3 is 10.3 Å². The van der Waals surface area contributed by atoms with E-state index in [1.807, 2.05) is 54.6 Å². The van der Waals surface area contributed by atoms with Crippen LogP contribution < -0.4 is 5.32 Å². The minimum atomic E-state index is -0.318. The predicted molar refractivity (Wildman–Crippen MR) is 144 cm³/mol. The number of rotatable bonds is 5. The lowest BCUT2D eigenvalue weighted by Crippen LogP contribution is -2.14. The summed E-state index contributed by atoms with van der Waals surface area (Å²) in [5, 5.41) is 6.88. The van der Waals surface area contributed by atoms with Gasteiger partial charge in [-0.15, -0.1) is 11.8 Å². The lowest BCUT2D eigenvalue weighted by atomic mass is 10.1. The van der Waals surface area contributed by atoms with Gasteiger partial charge in [0.2, 0.25) is 0 Å². The summed E-state index contributed by atoms with van der Waals surface area (Å²) in [5.41, 5.74) is 4.20. The van der Waals surface area contributed by atoms with Crippen LogP contribution in [0.1, 0.15) is 16.2 Å². The summed E-state index contributed by atoms with van der Waals surface area (Å²) in [6.07, 6.45) is 1.49. The number of anilines is 1. The van der Waals surface area contributed by atoms with Crippen molar-refractivity contribution in [1.29, 1.82) is 0 Å². The standard InChI is InChI=1S/C28H19ClN4OS/c29-27-21-14-19(31-28(34)25-15-30-23-7-3-4-8-24(23)33-25)10-12-22(21)32-26(27)16-35-20-11-9-17-5-1-2-6-18(17)13-20/h1-15,32H,16H2,(H,31,34). The number of thioether (sulfide) groups is 1. The zero-order valence-corrected chi connectivity index (χ0v) is 20.0. The topological polar surface area (TPSA) is 70.7 Å². The third-order valence-corrected chi connectivity index (χ3v) is 7.30. The number of amides is 1. The summed E-state index contributed by atoms with van der Waals surface area (Å²) in [4.78, 5) is 26.1. The van der Waals surface area contributed by atoms with Crippen LogP contribution in [-0.2, 0) is 5.75 Å². The molecule has 1 amide bonds. The van der Waals surface area contributed by atoms with E-state index in [4.69, 9.17) is 11.6 Å². The second kappa shape index (κ2) is 9.06. The van der Waals surface area contributed by atoms with E-state index in [1.165, 1.54) is 21.9 Å². The molecule has 0 spiro atoms. The summed E-state index contributed by atoms with van der Waals surface area (Å²) in [7, 11) is 0. The van der Waals surface area contributed by atoms with E-state index in [0.29, 0.717) is 22.0 Å². The van der Waals surface area contributed by atoms with Gasteiger partial charge in [-0.1, -0.05) is 54.1 Å². The molecular weight excluding hydrogens is 476 g/mol. The maximum absolute atomic E-state index is 12.8. The molecule has 0 saturated carbocycles. The number of hydrogen-bond acceptors (Lipinski definition) is 4. The highest BCUT2D eigenvalue weighted by Crippen LogP contribution is 2.34. The summed E-state index contributed by atoms with van der Waals surface area (Å²) in [6, 6.07) is 27.9. The average Bonchev–Trinajstić information content (AvgIpc) is 3.21. The smallest absolute Gasteiger partial charge is 0.275 e. The molecule has 2 N–H and O–H groups in total. The second-order valence-corrected chi connectivity index (χ2v) is 9.60. The highest BCUT2D eigenvalue weighted by Gasteiger charge is 2.14. The van der Waals surface area contributed by atoms with E-state index >= 15 is 0 Å². The fraction of sp³-hybridized carbons (Fsp3) is 0.0357. The van der Waals surface area contributed by atoms with Crippen LogP contribution in [0.5, 0.6) is 0 Å². The van der Waals surface area contributed by atoms with Crippen molar-refractivity contribution < 1.29 is 4.79 Å². The third-order valence-electron chi connectivity index (χ3n) is 5.85. The summed E-state index contributed by atoms with van der Waals surface area (Å²) < 4.78 is 0. The van der Waals surface area contributed by atoms with Crippen LogP contribution in [0.2, 0.25) is 5.02 Å². The minimum absolute atomic E-state index is 0.261. The number of aromatic nitrogens is 3. The lowest BCUT2D eigenvalue weighted by Gasteiger charge is -2.06. The first kappa shape index (κ1) is 21.6. The Morgan fingerprint density at radius 2 is 1.71 bits per heavy atom. The Bertz CT molecular complexity index is 1730. The van der Waals surface area contributed by atoms with Gasteiger partial charge in [0.25, 0.3) is 5.91 Å². The molecule has 0 bridgehead atoms. The van der Waals surface area contributed by atoms with Gasteiger partial charge in [-0.2, -0.15) is 0 Å². The molecule has 0 aliphatic carbocycles. The van der Waals surface area contributed by atoms with Crippen molar-refractivity contribution in [3.8, 4) is 0 Å². The molecule has 0 atom stereocenters. The number of fused-ring (bicyclic) bond motifs is 3. The number of aromatic amines is 1. The number of carbonyl (C=O) groups is 1. The molecular formula is C28H19ClN4OS. The number of nitrogens with zero attached hydrogens (tertiary/aromatic N) is 2. The molecule has 5 nitrogen and oxygen atoms in total. The summed E-state index contributed by atoms with van der Waals surface area (Å²) in [5.74, 6) is 0.390. The Hall–Kier alpha value is -3.87. The monoisotopic (exact) mass is 494 g/mol. The van der Waals surface area contributed by atoms with Crippen molar-refractivity contribution >= 4 is 67.7 Å². The Kier molecular flexibility index (Phi) is 5.60. The fourth-order valence-corrected chi connectivity index (χ4v) is 5.32. The number of nitrogens with one attached hydrogen (secondary N) is 2. The molecule has 4 aromatic carbocycles. The summed E-state index contributed by atoms with van der Waals surface area (Å²) in [6.45, 7) is 0. The SMILES string of the molecule is O=C(Nc1ccc2[nH]c(CSc3ccc4ccccc4c3)c(Cl)c2c1)c1cnc2ccccc2n1. The minimum Gasteiger partial charge on any atom is -0.356 e. The molecule has 170 valence electrons. The number of halogens is 1. The number of carbonyl (C=O) groups excluding carboxylic acids is 1. The van der Waals surface area contributed by atoms with E-state index in [0.717, 1.165) is 22.1 Å². The van der Waals surface area contributed by atoms with Gasteiger partial charge in [-0.05, 0) is 53.2 Å². The molecule has 0 radical (unpaired) electrons. The Morgan fingerprint density at radius 3 is 2.60 bits per heavy atom. The van der Waals surface area contributed by atoms with Crippen LogP contribution in [0.15, 0.2) is 96.0 Å². The molecule has 0 saturated heterocycles. The van der Waals surface area contributed by atoms with Crippen LogP contribution in [0, 0.1) is 0 Å². The lowest BCUT2D eigenvalue weighted by molar-refractivity contribution is 0.102. The highest BCUT2D eigenvalue weighted by molar-refractivity contribution is 7.98. The van der Waals surface area contributed by atoms with Gasteiger partial charge in [-0.25, -0.2) is 4.98 Å². The van der Waals surface area contributed by atoms with E-state index in [1.54, 1.807) is 11.8 Å². The first-order valence-corrected chi connectivity index (χ1v) is 12.5. The van der Waals surface area contributed by atoms with Gasteiger partial charge in [0.15, 0.2) is 0 Å². The van der Waals surface area contributed by atoms with Crippen molar-refractivity contribution in [2.24, 2.45) is 0 Å². The average molecular weight is 495 g/mol. The molecule has 2 aromatic heterocycles. The van der Waals surface area contributed by atoms with Crippen LogP contribution in [0.4, 0.5) is 5.69 Å². The van der Waals surface area contributed by atoms with E-state index in [-0.39, 0.29) is 11.6 Å². The zero-order valence-electron chi connectivity index (χ0n) is 18.5. The van der Waals surface area contributed by atoms with Crippen molar-refractivity contribution in [2.75, 3.05) is 5.32 Å². The number of benzene rings is 4. The number of hydrogen-bond donors (Lipinski definition) is 2. The molecule has 0 fully saturated rings. The molecule has 0 aliphatic heterocycles. The Labute approximate surface area is 210 Å². The van der Waals surface area contributed by atoms with Crippen molar-refractivity contribution in [3.05, 3.63) is 108 Å². The molecule has 6 rings (SSSR count).